The van der Waals surface area contributed by atoms with Gasteiger partial charge in [-0.25, -0.2) is 0 Å². The third-order valence-corrected chi connectivity index (χ3v) is 2.64. The summed E-state index contributed by atoms with van der Waals surface area (Å²) in [7, 11) is 1.56. The van der Waals surface area contributed by atoms with Crippen LogP contribution in [0.4, 0.5) is 0 Å². The van der Waals surface area contributed by atoms with Crippen LogP contribution in [0.5, 0.6) is 5.88 Å². The third kappa shape index (κ3) is 3.13. The van der Waals surface area contributed by atoms with Gasteiger partial charge in [0, 0.05) is 19.7 Å². The van der Waals surface area contributed by atoms with Gasteiger partial charge in [-0.1, -0.05) is 0 Å². The Hall–Kier alpha value is -1.69. The van der Waals surface area contributed by atoms with E-state index in [2.05, 4.69) is 20.8 Å². The molecule has 6 nitrogen and oxygen atoms in total. The van der Waals surface area contributed by atoms with Crippen LogP contribution < -0.4 is 15.4 Å². The fourth-order valence-corrected chi connectivity index (χ4v) is 1.72. The molecule has 6 heteroatoms. The van der Waals surface area contributed by atoms with E-state index in [1.165, 1.54) is 0 Å². The number of hydrogen-bond donors (Lipinski definition) is 2. The number of hydrogen-bond acceptors (Lipinski definition) is 5. The molecule has 92 valence electrons. The molecule has 1 aromatic heterocycles. The first-order chi connectivity index (χ1) is 8.29. The lowest BCUT2D eigenvalue weighted by atomic mass is 10.1. The SMILES string of the molecule is CNC(=O)c1ccc(O[C@H]2CCCNC2)nn1. The Morgan fingerprint density at radius 1 is 1.53 bits per heavy atom. The fourth-order valence-electron chi connectivity index (χ4n) is 1.72. The van der Waals surface area contributed by atoms with Gasteiger partial charge in [-0.3, -0.25) is 4.79 Å². The zero-order valence-electron chi connectivity index (χ0n) is 9.77. The van der Waals surface area contributed by atoms with Crippen LogP contribution in [-0.2, 0) is 0 Å². The normalized spacial score (nSPS) is 19.7. The van der Waals surface area contributed by atoms with Gasteiger partial charge in [0.05, 0.1) is 0 Å². The molecule has 17 heavy (non-hydrogen) atoms. The highest BCUT2D eigenvalue weighted by Gasteiger charge is 2.15. The van der Waals surface area contributed by atoms with Gasteiger partial charge in [0.25, 0.3) is 5.91 Å². The minimum atomic E-state index is -0.247. The van der Waals surface area contributed by atoms with Crippen LogP contribution in [0.25, 0.3) is 0 Å². The lowest BCUT2D eigenvalue weighted by Gasteiger charge is -2.22. The summed E-state index contributed by atoms with van der Waals surface area (Å²) < 4.78 is 5.66. The zero-order valence-corrected chi connectivity index (χ0v) is 9.77. The number of rotatable bonds is 3. The Balaban J connectivity index is 1.95. The first-order valence-corrected chi connectivity index (χ1v) is 5.73. The summed E-state index contributed by atoms with van der Waals surface area (Å²) in [6.07, 6.45) is 2.27. The molecule has 2 rings (SSSR count). The van der Waals surface area contributed by atoms with Gasteiger partial charge in [-0.15, -0.1) is 10.2 Å². The largest absolute Gasteiger partial charge is 0.472 e. The van der Waals surface area contributed by atoms with Crippen molar-refractivity contribution in [2.24, 2.45) is 0 Å². The molecule has 1 saturated heterocycles. The fraction of sp³-hybridized carbons (Fsp3) is 0.545. The number of carbonyl (C=O) groups excluding carboxylic acids is 1. The summed E-state index contributed by atoms with van der Waals surface area (Å²) in [4.78, 5) is 11.3. The van der Waals surface area contributed by atoms with E-state index in [9.17, 15) is 4.79 Å². The Labute approximate surface area is 99.8 Å². The summed E-state index contributed by atoms with van der Waals surface area (Å²) >= 11 is 0. The topological polar surface area (TPSA) is 76.1 Å². The highest BCUT2D eigenvalue weighted by atomic mass is 16.5. The first kappa shape index (κ1) is 11.8. The molecular formula is C11H16N4O2. The van der Waals surface area contributed by atoms with Crippen molar-refractivity contribution in [3.63, 3.8) is 0 Å². The summed E-state index contributed by atoms with van der Waals surface area (Å²) in [5.41, 5.74) is 0.293. The lowest BCUT2D eigenvalue weighted by Crippen LogP contribution is -2.37. The predicted octanol–water partition coefficient (Wildman–Crippen LogP) is -0.0330. The molecule has 1 amide bonds. The maximum Gasteiger partial charge on any atom is 0.271 e. The Morgan fingerprint density at radius 3 is 3.00 bits per heavy atom. The average Bonchev–Trinajstić information content (AvgIpc) is 2.40. The molecule has 2 N–H and O–H groups in total. The van der Waals surface area contributed by atoms with Gasteiger partial charge < -0.3 is 15.4 Å². The molecular weight excluding hydrogens is 220 g/mol. The number of nitrogens with zero attached hydrogens (tertiary/aromatic N) is 2. The number of nitrogens with one attached hydrogen (secondary N) is 2. The van der Waals surface area contributed by atoms with Gasteiger partial charge in [-0.05, 0) is 25.5 Å². The second-order valence-corrected chi connectivity index (χ2v) is 3.92. The summed E-state index contributed by atoms with van der Waals surface area (Å²) in [5.74, 6) is 0.217. The molecule has 0 aliphatic carbocycles. The molecule has 2 heterocycles. The average molecular weight is 236 g/mol. The van der Waals surface area contributed by atoms with Crippen LogP contribution in [0.1, 0.15) is 23.3 Å². The molecule has 1 aliphatic heterocycles. The van der Waals surface area contributed by atoms with E-state index in [4.69, 9.17) is 4.74 Å². The number of carbonyl (C=O) groups is 1. The quantitative estimate of drug-likeness (QED) is 0.770. The van der Waals surface area contributed by atoms with Crippen molar-refractivity contribution >= 4 is 5.91 Å². The lowest BCUT2D eigenvalue weighted by molar-refractivity contribution is 0.0956. The molecule has 1 atom stereocenters. The van der Waals surface area contributed by atoms with E-state index in [1.54, 1.807) is 19.2 Å². The van der Waals surface area contributed by atoms with E-state index in [0.717, 1.165) is 25.9 Å². The van der Waals surface area contributed by atoms with Crippen LogP contribution in [0.15, 0.2) is 12.1 Å². The maximum absolute atomic E-state index is 11.3. The minimum absolute atomic E-state index is 0.143. The van der Waals surface area contributed by atoms with Gasteiger partial charge in [0.15, 0.2) is 5.69 Å². The predicted molar refractivity (Wildman–Crippen MR) is 61.9 cm³/mol. The monoisotopic (exact) mass is 236 g/mol. The first-order valence-electron chi connectivity index (χ1n) is 5.73. The number of ether oxygens (including phenoxy) is 1. The van der Waals surface area contributed by atoms with Crippen LogP contribution in [0.3, 0.4) is 0 Å². The van der Waals surface area contributed by atoms with E-state index < -0.39 is 0 Å². The molecule has 1 aliphatic rings. The number of aromatic nitrogens is 2. The summed E-state index contributed by atoms with van der Waals surface area (Å²) in [6.45, 7) is 1.88. The van der Waals surface area contributed by atoms with Gasteiger partial charge in [0.2, 0.25) is 5.88 Å². The molecule has 0 spiro atoms. The van der Waals surface area contributed by atoms with Crippen LogP contribution in [-0.4, -0.2) is 42.3 Å². The minimum Gasteiger partial charge on any atom is -0.472 e. The molecule has 0 aromatic carbocycles. The van der Waals surface area contributed by atoms with Crippen molar-refractivity contribution in [3.8, 4) is 5.88 Å². The van der Waals surface area contributed by atoms with Crippen LogP contribution >= 0.6 is 0 Å². The maximum atomic E-state index is 11.3. The second-order valence-electron chi connectivity index (χ2n) is 3.92. The van der Waals surface area contributed by atoms with Crippen LogP contribution in [0.2, 0.25) is 0 Å². The Kier molecular flexibility index (Phi) is 3.87. The van der Waals surface area contributed by atoms with Gasteiger partial charge >= 0.3 is 0 Å². The Morgan fingerprint density at radius 2 is 2.41 bits per heavy atom. The highest BCUT2D eigenvalue weighted by Crippen LogP contribution is 2.12. The van der Waals surface area contributed by atoms with Crippen molar-refractivity contribution < 1.29 is 9.53 Å². The van der Waals surface area contributed by atoms with Crippen molar-refractivity contribution in [2.75, 3.05) is 20.1 Å². The smallest absolute Gasteiger partial charge is 0.271 e. The van der Waals surface area contributed by atoms with E-state index >= 15 is 0 Å². The number of amides is 1. The van der Waals surface area contributed by atoms with E-state index in [0.29, 0.717) is 11.6 Å². The van der Waals surface area contributed by atoms with Crippen molar-refractivity contribution in [1.82, 2.24) is 20.8 Å². The van der Waals surface area contributed by atoms with Crippen LogP contribution in [0, 0.1) is 0 Å². The molecule has 0 unspecified atom stereocenters. The van der Waals surface area contributed by atoms with Gasteiger partial charge in [0.1, 0.15) is 6.10 Å². The molecule has 0 radical (unpaired) electrons. The van der Waals surface area contributed by atoms with E-state index in [-0.39, 0.29) is 12.0 Å². The second kappa shape index (κ2) is 5.58. The van der Waals surface area contributed by atoms with Crippen molar-refractivity contribution in [3.05, 3.63) is 17.8 Å². The van der Waals surface area contributed by atoms with Crippen molar-refractivity contribution in [1.29, 1.82) is 0 Å². The van der Waals surface area contributed by atoms with Crippen molar-refractivity contribution in [2.45, 2.75) is 18.9 Å². The van der Waals surface area contributed by atoms with E-state index in [1.807, 2.05) is 0 Å². The summed E-state index contributed by atoms with van der Waals surface area (Å²) in [6, 6.07) is 3.28. The standard InChI is InChI=1S/C11H16N4O2/c1-12-11(16)9-4-5-10(15-14-9)17-8-3-2-6-13-7-8/h4-5,8,13H,2-3,6-7H2,1H3,(H,12,16)/t8-/m0/s1. The zero-order chi connectivity index (χ0) is 12.1. The number of piperidine rings is 1. The molecule has 1 fully saturated rings. The third-order valence-electron chi connectivity index (χ3n) is 2.64. The van der Waals surface area contributed by atoms with Gasteiger partial charge in [-0.2, -0.15) is 0 Å². The summed E-state index contributed by atoms with van der Waals surface area (Å²) in [5, 5.41) is 13.4. The molecule has 0 bridgehead atoms. The highest BCUT2D eigenvalue weighted by molar-refractivity contribution is 5.91. The molecule has 0 saturated carbocycles. The Bertz CT molecular complexity index is 374. The molecule has 1 aromatic rings.